The highest BCUT2D eigenvalue weighted by atomic mass is 16.2. The number of piperazine rings is 1. The van der Waals surface area contributed by atoms with Gasteiger partial charge in [0.2, 0.25) is 11.8 Å². The largest absolute Gasteiger partial charge is 0.342 e. The third kappa shape index (κ3) is 5.14. The summed E-state index contributed by atoms with van der Waals surface area (Å²) in [5, 5.41) is 5.27. The molecule has 29 heavy (non-hydrogen) atoms. The molecule has 156 valence electrons. The minimum Gasteiger partial charge on any atom is -0.342 e. The van der Waals surface area contributed by atoms with Gasteiger partial charge in [-0.15, -0.1) is 0 Å². The molecule has 1 atom stereocenters. The van der Waals surface area contributed by atoms with E-state index < -0.39 is 0 Å². The highest BCUT2D eigenvalue weighted by molar-refractivity contribution is 6.03. The van der Waals surface area contributed by atoms with Crippen LogP contribution in [0.2, 0.25) is 0 Å². The Hall–Kier alpha value is -2.44. The topological polar surface area (TPSA) is 55.9 Å². The van der Waals surface area contributed by atoms with Crippen molar-refractivity contribution in [3.05, 3.63) is 42.5 Å². The summed E-state index contributed by atoms with van der Waals surface area (Å²) in [5.74, 6) is 0.194. The lowest BCUT2D eigenvalue weighted by molar-refractivity contribution is -0.133. The summed E-state index contributed by atoms with van der Waals surface area (Å²) in [6.07, 6.45) is 0. The smallest absolute Gasteiger partial charge is 0.241 e. The molecule has 1 N–H and O–H groups in total. The average Bonchev–Trinajstić information content (AvgIpc) is 2.75. The average molecular weight is 397 g/mol. The van der Waals surface area contributed by atoms with Gasteiger partial charge in [-0.1, -0.05) is 36.4 Å². The number of likely N-dealkylation sites (N-methyl/N-ethyl adjacent to an activating group) is 1. The molecular formula is C23H32N4O2. The zero-order chi connectivity index (χ0) is 20.8. The Morgan fingerprint density at radius 2 is 1.66 bits per heavy atom. The van der Waals surface area contributed by atoms with E-state index in [1.165, 1.54) is 0 Å². The Bertz CT molecular complexity index is 836. The van der Waals surface area contributed by atoms with E-state index in [0.29, 0.717) is 6.54 Å². The lowest BCUT2D eigenvalue weighted by atomic mass is 10.1. The number of nitrogens with one attached hydrogen (secondary N) is 1. The second-order valence-electron chi connectivity index (χ2n) is 7.57. The number of benzene rings is 2. The number of hydrogen-bond donors (Lipinski definition) is 1. The number of carbonyl (C=O) groups excluding carboxylic acids is 2. The van der Waals surface area contributed by atoms with Gasteiger partial charge in [0.15, 0.2) is 0 Å². The van der Waals surface area contributed by atoms with Crippen molar-refractivity contribution in [3.63, 3.8) is 0 Å². The van der Waals surface area contributed by atoms with Gasteiger partial charge in [0.25, 0.3) is 0 Å². The number of carbonyl (C=O) groups is 2. The van der Waals surface area contributed by atoms with Crippen LogP contribution in [0.5, 0.6) is 0 Å². The van der Waals surface area contributed by atoms with Crippen molar-refractivity contribution in [3.8, 4) is 0 Å². The van der Waals surface area contributed by atoms with Gasteiger partial charge in [0.05, 0.1) is 12.6 Å². The maximum absolute atomic E-state index is 12.9. The van der Waals surface area contributed by atoms with E-state index in [0.717, 1.165) is 55.7 Å². The van der Waals surface area contributed by atoms with E-state index in [1.807, 2.05) is 68.1 Å². The molecule has 2 aromatic rings. The zero-order valence-corrected chi connectivity index (χ0v) is 17.7. The van der Waals surface area contributed by atoms with Crippen LogP contribution in [0.4, 0.5) is 5.69 Å². The zero-order valence-electron chi connectivity index (χ0n) is 17.7. The normalized spacial score (nSPS) is 16.5. The third-order valence-corrected chi connectivity index (χ3v) is 5.86. The van der Waals surface area contributed by atoms with Crippen molar-refractivity contribution in [1.29, 1.82) is 0 Å². The number of amides is 2. The van der Waals surface area contributed by atoms with E-state index in [-0.39, 0.29) is 17.9 Å². The van der Waals surface area contributed by atoms with Crippen molar-refractivity contribution in [2.75, 3.05) is 51.1 Å². The van der Waals surface area contributed by atoms with Crippen LogP contribution < -0.4 is 5.32 Å². The minimum atomic E-state index is -0.213. The van der Waals surface area contributed by atoms with Gasteiger partial charge in [-0.25, -0.2) is 0 Å². The predicted octanol–water partition coefficient (Wildman–Crippen LogP) is 2.65. The minimum absolute atomic E-state index is 0.00835. The fourth-order valence-electron chi connectivity index (χ4n) is 3.91. The first-order valence-electron chi connectivity index (χ1n) is 10.6. The van der Waals surface area contributed by atoms with E-state index in [2.05, 4.69) is 15.1 Å². The monoisotopic (exact) mass is 396 g/mol. The molecular weight excluding hydrogens is 364 g/mol. The van der Waals surface area contributed by atoms with E-state index in [1.54, 1.807) is 0 Å². The summed E-state index contributed by atoms with van der Waals surface area (Å²) in [6, 6.07) is 13.8. The molecule has 6 nitrogen and oxygen atoms in total. The van der Waals surface area contributed by atoms with Crippen LogP contribution in [-0.2, 0) is 9.59 Å². The van der Waals surface area contributed by atoms with Crippen molar-refractivity contribution in [1.82, 2.24) is 14.7 Å². The lowest BCUT2D eigenvalue weighted by Crippen LogP contribution is -2.54. The van der Waals surface area contributed by atoms with Crippen LogP contribution in [0.1, 0.15) is 20.8 Å². The van der Waals surface area contributed by atoms with Crippen LogP contribution in [0.3, 0.4) is 0 Å². The molecule has 3 rings (SSSR count). The van der Waals surface area contributed by atoms with Crippen LogP contribution >= 0.6 is 0 Å². The van der Waals surface area contributed by atoms with Gasteiger partial charge in [-0.05, 0) is 32.2 Å². The maximum Gasteiger partial charge on any atom is 0.241 e. The molecule has 1 fully saturated rings. The molecule has 2 aromatic carbocycles. The molecule has 2 amide bonds. The summed E-state index contributed by atoms with van der Waals surface area (Å²) >= 11 is 0. The summed E-state index contributed by atoms with van der Waals surface area (Å²) in [5.41, 5.74) is 0.850. The van der Waals surface area contributed by atoms with E-state index in [4.69, 9.17) is 0 Å². The van der Waals surface area contributed by atoms with Crippen molar-refractivity contribution < 1.29 is 9.59 Å². The number of hydrogen-bond acceptors (Lipinski definition) is 4. The molecule has 1 unspecified atom stereocenters. The highest BCUT2D eigenvalue weighted by Gasteiger charge is 2.27. The molecule has 0 radical (unpaired) electrons. The molecule has 0 saturated carbocycles. The molecule has 6 heteroatoms. The van der Waals surface area contributed by atoms with E-state index in [9.17, 15) is 9.59 Å². The van der Waals surface area contributed by atoms with Crippen molar-refractivity contribution in [2.45, 2.75) is 26.8 Å². The quantitative estimate of drug-likeness (QED) is 0.782. The van der Waals surface area contributed by atoms with Gasteiger partial charge in [-0.2, -0.15) is 0 Å². The van der Waals surface area contributed by atoms with E-state index >= 15 is 0 Å². The molecule has 1 heterocycles. The molecule has 1 aliphatic heterocycles. The SMILES string of the molecule is CCN(CC)C(=O)CN1CCN(C(C)C(=O)Nc2cccc3ccccc23)CC1. The standard InChI is InChI=1S/C23H32N4O2/c1-4-26(5-2)22(28)17-25-13-15-27(16-14-25)18(3)23(29)24-21-12-8-10-19-9-6-7-11-20(19)21/h6-12,18H,4-5,13-17H2,1-3H3,(H,24,29). The number of fused-ring (bicyclic) bond motifs is 1. The first kappa shape index (κ1) is 21.3. The van der Waals surface area contributed by atoms with Gasteiger partial charge >= 0.3 is 0 Å². The Morgan fingerprint density at radius 1 is 1.00 bits per heavy atom. The summed E-state index contributed by atoms with van der Waals surface area (Å²) in [7, 11) is 0. The first-order chi connectivity index (χ1) is 14.0. The number of anilines is 1. The van der Waals surface area contributed by atoms with Crippen molar-refractivity contribution in [2.24, 2.45) is 0 Å². The molecule has 1 aliphatic rings. The van der Waals surface area contributed by atoms with Gasteiger partial charge < -0.3 is 10.2 Å². The van der Waals surface area contributed by atoms with Gasteiger partial charge in [0, 0.05) is 50.3 Å². The number of rotatable bonds is 7. The summed E-state index contributed by atoms with van der Waals surface area (Å²) in [6.45, 7) is 11.1. The Kier molecular flexibility index (Phi) is 7.23. The van der Waals surface area contributed by atoms with Gasteiger partial charge in [-0.3, -0.25) is 19.4 Å². The Morgan fingerprint density at radius 3 is 2.34 bits per heavy atom. The fourth-order valence-corrected chi connectivity index (χ4v) is 3.91. The predicted molar refractivity (Wildman–Crippen MR) is 118 cm³/mol. The maximum atomic E-state index is 12.9. The fraction of sp³-hybridized carbons (Fsp3) is 0.478. The molecule has 1 saturated heterocycles. The molecule has 0 aromatic heterocycles. The third-order valence-electron chi connectivity index (χ3n) is 5.86. The lowest BCUT2D eigenvalue weighted by Gasteiger charge is -2.37. The Labute approximate surface area is 173 Å². The first-order valence-corrected chi connectivity index (χ1v) is 10.6. The van der Waals surface area contributed by atoms with Crippen LogP contribution in [0.25, 0.3) is 10.8 Å². The number of nitrogens with zero attached hydrogens (tertiary/aromatic N) is 3. The van der Waals surface area contributed by atoms with Gasteiger partial charge in [0.1, 0.15) is 0 Å². The van der Waals surface area contributed by atoms with Crippen LogP contribution in [-0.4, -0.2) is 78.4 Å². The van der Waals surface area contributed by atoms with Crippen LogP contribution in [0, 0.1) is 0 Å². The molecule has 0 spiro atoms. The summed E-state index contributed by atoms with van der Waals surface area (Å²) < 4.78 is 0. The second-order valence-corrected chi connectivity index (χ2v) is 7.57. The Balaban J connectivity index is 1.54. The van der Waals surface area contributed by atoms with Crippen molar-refractivity contribution >= 4 is 28.3 Å². The highest BCUT2D eigenvalue weighted by Crippen LogP contribution is 2.23. The second kappa shape index (κ2) is 9.85. The molecule has 0 bridgehead atoms. The summed E-state index contributed by atoms with van der Waals surface area (Å²) in [4.78, 5) is 31.4. The molecule has 0 aliphatic carbocycles. The van der Waals surface area contributed by atoms with Crippen LogP contribution in [0.15, 0.2) is 42.5 Å².